The lowest BCUT2D eigenvalue weighted by atomic mass is 9.97. The van der Waals surface area contributed by atoms with Gasteiger partial charge in [-0.05, 0) is 45.6 Å². The minimum Gasteiger partial charge on any atom is -0.374 e. The zero-order valence-electron chi connectivity index (χ0n) is 35.7. The molecule has 0 amide bonds. The summed E-state index contributed by atoms with van der Waals surface area (Å²) in [5.74, 6) is 0.909. The Hall–Kier alpha value is -4.65. The lowest BCUT2D eigenvalue weighted by molar-refractivity contribution is -0.329. The maximum Gasteiger partial charge on any atom is 0.186 e. The van der Waals surface area contributed by atoms with E-state index in [9.17, 15) is 0 Å². The summed E-state index contributed by atoms with van der Waals surface area (Å²) in [5, 5.41) is -0.0508. The summed E-state index contributed by atoms with van der Waals surface area (Å²) in [4.78, 5) is 0. The van der Waals surface area contributed by atoms with Crippen LogP contribution in [0.3, 0.4) is 0 Å². The largest absolute Gasteiger partial charge is 0.374 e. The molecular formula is C54H58O8S. The highest BCUT2D eigenvalue weighted by molar-refractivity contribution is 8.00. The van der Waals surface area contributed by atoms with E-state index >= 15 is 0 Å². The fraction of sp³-hybridized carbons (Fsp3) is 0.333. The number of ether oxygens (including phenoxy) is 8. The zero-order chi connectivity index (χ0) is 42.7. The van der Waals surface area contributed by atoms with Gasteiger partial charge in [-0.25, -0.2) is 0 Å². The molecule has 2 fully saturated rings. The van der Waals surface area contributed by atoms with Crippen molar-refractivity contribution in [2.75, 3.05) is 19.0 Å². The van der Waals surface area contributed by atoms with Gasteiger partial charge in [0.1, 0.15) is 24.4 Å². The monoisotopic (exact) mass is 866 g/mol. The van der Waals surface area contributed by atoms with E-state index in [4.69, 9.17) is 37.9 Å². The van der Waals surface area contributed by atoms with Crippen molar-refractivity contribution in [1.82, 2.24) is 0 Å². The smallest absolute Gasteiger partial charge is 0.186 e. The van der Waals surface area contributed by atoms with Crippen LogP contribution in [0, 0.1) is 0 Å². The lowest BCUT2D eigenvalue weighted by Crippen LogP contribution is -2.62. The molecule has 9 heteroatoms. The van der Waals surface area contributed by atoms with Crippen molar-refractivity contribution < 1.29 is 37.9 Å². The van der Waals surface area contributed by atoms with Gasteiger partial charge in [0.15, 0.2) is 6.29 Å². The third-order valence-corrected chi connectivity index (χ3v) is 12.6. The van der Waals surface area contributed by atoms with Gasteiger partial charge < -0.3 is 37.9 Å². The predicted molar refractivity (Wildman–Crippen MR) is 247 cm³/mol. The fourth-order valence-corrected chi connectivity index (χ4v) is 9.27. The van der Waals surface area contributed by atoms with Gasteiger partial charge >= 0.3 is 0 Å². The molecule has 2 aliphatic heterocycles. The molecule has 6 aromatic carbocycles. The van der Waals surface area contributed by atoms with Gasteiger partial charge in [0.2, 0.25) is 0 Å². The van der Waals surface area contributed by atoms with Crippen LogP contribution in [0.4, 0.5) is 0 Å². The van der Waals surface area contributed by atoms with Crippen LogP contribution >= 0.6 is 11.8 Å². The van der Waals surface area contributed by atoms with Crippen molar-refractivity contribution in [3.05, 3.63) is 215 Å². The van der Waals surface area contributed by atoms with Crippen LogP contribution < -0.4 is 0 Å². The van der Waals surface area contributed by atoms with Gasteiger partial charge in [-0.3, -0.25) is 0 Å². The molecule has 0 bridgehead atoms. The molecule has 0 aliphatic carbocycles. The summed E-state index contributed by atoms with van der Waals surface area (Å²) < 4.78 is 54.7. The van der Waals surface area contributed by atoms with E-state index in [0.717, 1.165) is 45.6 Å². The van der Waals surface area contributed by atoms with Gasteiger partial charge in [-0.15, -0.1) is 0 Å². The normalized spacial score (nSPS) is 23.6. The predicted octanol–water partition coefficient (Wildman–Crippen LogP) is 10.4. The molecule has 0 spiro atoms. The SMILES string of the molecule is c1ccc(COC[C@H]2O[C@@H](OC[C@@H]3SCCC(OCc4ccccc4)[C@@H]3OCc3ccccc3)[C@H](OCc3ccccc3)[C@@H](OCc3ccccc3)[C@@H]2OCc2ccccc2)cc1. The Morgan fingerprint density at radius 2 is 0.762 bits per heavy atom. The first-order chi connectivity index (χ1) is 31.2. The van der Waals surface area contributed by atoms with Crippen LogP contribution in [0.25, 0.3) is 0 Å². The molecule has 0 N–H and O–H groups in total. The number of hydrogen-bond acceptors (Lipinski definition) is 9. The molecule has 8 nitrogen and oxygen atoms in total. The molecule has 8 rings (SSSR count). The van der Waals surface area contributed by atoms with Crippen LogP contribution in [-0.2, 0) is 77.5 Å². The van der Waals surface area contributed by atoms with Crippen LogP contribution in [0.5, 0.6) is 0 Å². The number of hydrogen-bond donors (Lipinski definition) is 0. The maximum atomic E-state index is 7.04. The Balaban J connectivity index is 1.07. The molecule has 2 saturated heterocycles. The topological polar surface area (TPSA) is 73.8 Å². The average molecular weight is 867 g/mol. The standard InChI is InChI=1S/C54H58O8S/c1-7-19-41(20-8-1)33-55-39-48-51(58-36-44-25-13-4-14-26-44)52(59-37-45-27-15-5-16-28-45)53(60-38-46-29-17-6-18-30-46)54(62-48)61-40-49-50(57-35-43-23-11-3-12-24-43)47(31-32-63-49)56-34-42-21-9-2-10-22-42/h1-30,47-54H,31-40H2/t47?,48-,49+,50+,51-,52+,53-,54-/m1/s1. The summed E-state index contributed by atoms with van der Waals surface area (Å²) in [7, 11) is 0. The highest BCUT2D eigenvalue weighted by Gasteiger charge is 2.50. The molecular weight excluding hydrogens is 809 g/mol. The van der Waals surface area contributed by atoms with Crippen molar-refractivity contribution in [1.29, 1.82) is 0 Å². The highest BCUT2D eigenvalue weighted by Crippen LogP contribution is 2.35. The molecule has 2 heterocycles. The van der Waals surface area contributed by atoms with Crippen molar-refractivity contribution in [3.63, 3.8) is 0 Å². The lowest BCUT2D eigenvalue weighted by Gasteiger charge is -2.46. The summed E-state index contributed by atoms with van der Waals surface area (Å²) in [5.41, 5.74) is 6.43. The minimum absolute atomic E-state index is 0.0508. The second-order valence-corrected chi connectivity index (χ2v) is 17.3. The first kappa shape index (κ1) is 44.9. The Morgan fingerprint density at radius 3 is 1.22 bits per heavy atom. The van der Waals surface area contributed by atoms with E-state index in [-0.39, 0.29) is 24.1 Å². The van der Waals surface area contributed by atoms with Crippen LogP contribution in [0.15, 0.2) is 182 Å². The number of rotatable bonds is 22. The van der Waals surface area contributed by atoms with Crippen molar-refractivity contribution in [2.24, 2.45) is 0 Å². The molecule has 6 aromatic rings. The third kappa shape index (κ3) is 13.7. The van der Waals surface area contributed by atoms with Crippen molar-refractivity contribution >= 4 is 11.8 Å². The molecule has 0 saturated carbocycles. The second kappa shape index (κ2) is 24.4. The Morgan fingerprint density at radius 1 is 0.381 bits per heavy atom. The Labute approximate surface area is 376 Å². The Kier molecular flexibility index (Phi) is 17.4. The van der Waals surface area contributed by atoms with E-state index in [1.54, 1.807) is 0 Å². The zero-order valence-corrected chi connectivity index (χ0v) is 36.5. The molecule has 0 aromatic heterocycles. The van der Waals surface area contributed by atoms with Gasteiger partial charge in [0.05, 0.1) is 70.3 Å². The maximum absolute atomic E-state index is 7.04. The Bertz CT molecular complexity index is 2130. The van der Waals surface area contributed by atoms with E-state index in [0.29, 0.717) is 46.2 Å². The molecule has 1 unspecified atom stereocenters. The molecule has 8 atom stereocenters. The quantitative estimate of drug-likeness (QED) is 0.0663. The number of benzene rings is 6. The van der Waals surface area contributed by atoms with E-state index < -0.39 is 30.7 Å². The minimum atomic E-state index is -0.822. The van der Waals surface area contributed by atoms with Gasteiger partial charge in [0.25, 0.3) is 0 Å². The van der Waals surface area contributed by atoms with Crippen molar-refractivity contribution in [3.8, 4) is 0 Å². The molecule has 2 aliphatic rings. The van der Waals surface area contributed by atoms with Crippen LogP contribution in [0.2, 0.25) is 0 Å². The molecule has 63 heavy (non-hydrogen) atoms. The van der Waals surface area contributed by atoms with E-state index in [2.05, 4.69) is 72.8 Å². The second-order valence-electron chi connectivity index (χ2n) is 16.0. The summed E-state index contributed by atoms with van der Waals surface area (Å²) in [6.45, 7) is 3.02. The first-order valence-corrected chi connectivity index (χ1v) is 23.1. The number of thioether (sulfide) groups is 1. The highest BCUT2D eigenvalue weighted by atomic mass is 32.2. The molecule has 328 valence electrons. The van der Waals surface area contributed by atoms with E-state index in [1.165, 1.54) is 0 Å². The van der Waals surface area contributed by atoms with Gasteiger partial charge in [-0.1, -0.05) is 182 Å². The summed E-state index contributed by atoms with van der Waals surface area (Å²) in [6, 6.07) is 61.3. The van der Waals surface area contributed by atoms with Crippen LogP contribution in [-0.4, -0.2) is 67.1 Å². The summed E-state index contributed by atoms with van der Waals surface area (Å²) >= 11 is 1.85. The van der Waals surface area contributed by atoms with E-state index in [1.807, 2.05) is 121 Å². The van der Waals surface area contributed by atoms with Gasteiger partial charge in [-0.2, -0.15) is 11.8 Å². The molecule has 0 radical (unpaired) electrons. The summed E-state index contributed by atoms with van der Waals surface area (Å²) in [6.07, 6.45) is -2.69. The van der Waals surface area contributed by atoms with Crippen molar-refractivity contribution in [2.45, 2.75) is 94.2 Å². The first-order valence-electron chi connectivity index (χ1n) is 22.0. The van der Waals surface area contributed by atoms with Crippen LogP contribution in [0.1, 0.15) is 39.8 Å². The third-order valence-electron chi connectivity index (χ3n) is 11.3. The fourth-order valence-electron chi connectivity index (χ4n) is 7.98. The average Bonchev–Trinajstić information content (AvgIpc) is 3.35. The van der Waals surface area contributed by atoms with Gasteiger partial charge in [0, 0.05) is 0 Å².